The topological polar surface area (TPSA) is 190 Å². The largest absolute Gasteiger partial charge is 0.383 e. The Hall–Kier alpha value is -5.01. The third kappa shape index (κ3) is 3.66. The first-order valence-electron chi connectivity index (χ1n) is 12.7. The number of carbonyl (C=O) groups excluding carboxylic acids is 2. The lowest BCUT2D eigenvalue weighted by Gasteiger charge is -2.38. The maximum Gasteiger partial charge on any atom is 0.292 e. The van der Waals surface area contributed by atoms with Gasteiger partial charge in [0.05, 0.1) is 17.5 Å². The van der Waals surface area contributed by atoms with Crippen molar-refractivity contribution in [2.45, 2.75) is 50.6 Å². The summed E-state index contributed by atoms with van der Waals surface area (Å²) < 4.78 is 1.51. The van der Waals surface area contributed by atoms with Gasteiger partial charge in [-0.25, -0.2) is 9.97 Å². The van der Waals surface area contributed by atoms with Gasteiger partial charge in [0, 0.05) is 35.3 Å². The Morgan fingerprint density at radius 1 is 1.08 bits per heavy atom. The summed E-state index contributed by atoms with van der Waals surface area (Å²) in [4.78, 5) is 44.3. The highest BCUT2D eigenvalue weighted by Gasteiger charge is 2.45. The maximum atomic E-state index is 13.1. The first-order valence-corrected chi connectivity index (χ1v) is 12.7. The number of fused-ring (bicyclic) bond motifs is 3. The normalized spacial score (nSPS) is 20.5. The Balaban J connectivity index is 1.27. The predicted octanol–water partition coefficient (Wildman–Crippen LogP) is 2.03. The Kier molecular flexibility index (Phi) is 5.21. The molecule has 0 aromatic carbocycles. The molecule has 14 heteroatoms. The van der Waals surface area contributed by atoms with Gasteiger partial charge in [-0.05, 0) is 38.7 Å². The summed E-state index contributed by atoms with van der Waals surface area (Å²) in [5.74, 6) is 0.643. The Morgan fingerprint density at radius 2 is 1.90 bits per heavy atom. The third-order valence-corrected chi connectivity index (χ3v) is 7.75. The Bertz CT molecular complexity index is 1680. The van der Waals surface area contributed by atoms with Crippen molar-refractivity contribution in [1.29, 1.82) is 0 Å². The Labute approximate surface area is 221 Å². The number of nitrogen functional groups attached to an aromatic ring is 1. The van der Waals surface area contributed by atoms with E-state index >= 15 is 0 Å². The molecule has 196 valence electrons. The molecule has 0 radical (unpaired) electrons. The fourth-order valence-corrected chi connectivity index (χ4v) is 6.07. The second-order valence-corrected chi connectivity index (χ2v) is 9.97. The number of pyridine rings is 1. The van der Waals surface area contributed by atoms with Crippen molar-refractivity contribution in [2.75, 3.05) is 5.73 Å². The van der Waals surface area contributed by atoms with Gasteiger partial charge in [-0.2, -0.15) is 14.7 Å². The lowest BCUT2D eigenvalue weighted by atomic mass is 9.85. The number of carbonyl (C=O) groups is 2. The predicted molar refractivity (Wildman–Crippen MR) is 137 cm³/mol. The van der Waals surface area contributed by atoms with E-state index in [2.05, 4.69) is 40.4 Å². The lowest BCUT2D eigenvalue weighted by molar-refractivity contribution is 0.0556. The van der Waals surface area contributed by atoms with Gasteiger partial charge in [0.2, 0.25) is 5.82 Å². The monoisotopic (exact) mass is 524 g/mol. The third-order valence-electron chi connectivity index (χ3n) is 7.75. The van der Waals surface area contributed by atoms with Gasteiger partial charge < -0.3 is 15.6 Å². The number of H-pyrrole nitrogens is 2. The van der Waals surface area contributed by atoms with Gasteiger partial charge in [-0.3, -0.25) is 19.7 Å². The molecule has 5 aromatic heterocycles. The minimum Gasteiger partial charge on any atom is -0.383 e. The fraction of sp³-hybridized carbons (Fsp3) is 0.320. The van der Waals surface area contributed by atoms with Crippen molar-refractivity contribution in [2.24, 2.45) is 0 Å². The minimum absolute atomic E-state index is 0.0159. The molecule has 2 saturated heterocycles. The number of nitrogens with two attached hydrogens (primary N) is 1. The molecule has 2 aliphatic rings. The zero-order chi connectivity index (χ0) is 26.7. The Morgan fingerprint density at radius 3 is 2.54 bits per heavy atom. The first kappa shape index (κ1) is 23.1. The van der Waals surface area contributed by atoms with E-state index in [0.29, 0.717) is 41.3 Å². The van der Waals surface area contributed by atoms with Crippen LogP contribution in [-0.4, -0.2) is 78.6 Å². The summed E-state index contributed by atoms with van der Waals surface area (Å²) in [5.41, 5.74) is 10.3. The molecule has 0 spiro atoms. The molecule has 0 unspecified atom stereocenters. The molecular weight excluding hydrogens is 500 g/mol. The van der Waals surface area contributed by atoms with Crippen LogP contribution in [0.2, 0.25) is 0 Å². The molecule has 0 aliphatic carbocycles. The van der Waals surface area contributed by atoms with Crippen LogP contribution in [0, 0.1) is 0 Å². The number of aromatic nitrogens is 10. The standard InChI is InChI=1S/C25H24N12O2/c1-12(38)19-20(14-6-15-3-4-16(7-14)36(15)25(39)23-29-11-31-35-23)33-24-17(9-32-37(24)21(19)26)13-2-5-18(27-8-13)22-28-10-30-34-22/h2,5,8-11,14-16H,3-4,6-7,26H2,1H3,(H,28,30,34)(H,29,31,35)/t14-,15+,16-. The second-order valence-electron chi connectivity index (χ2n) is 9.97. The molecule has 2 bridgehead atoms. The van der Waals surface area contributed by atoms with Crippen LogP contribution in [0.5, 0.6) is 0 Å². The van der Waals surface area contributed by atoms with Crippen LogP contribution in [0.25, 0.3) is 28.3 Å². The van der Waals surface area contributed by atoms with E-state index in [9.17, 15) is 9.59 Å². The molecule has 2 aliphatic heterocycles. The van der Waals surface area contributed by atoms with E-state index in [0.717, 1.165) is 24.0 Å². The van der Waals surface area contributed by atoms with E-state index in [1.54, 1.807) is 12.4 Å². The summed E-state index contributed by atoms with van der Waals surface area (Å²) in [6.45, 7) is 1.50. The van der Waals surface area contributed by atoms with Crippen LogP contribution in [-0.2, 0) is 0 Å². The number of rotatable bonds is 5. The number of piperidine rings is 1. The van der Waals surface area contributed by atoms with Crippen LogP contribution in [0.4, 0.5) is 5.82 Å². The molecule has 2 fully saturated rings. The highest BCUT2D eigenvalue weighted by molar-refractivity contribution is 6.00. The highest BCUT2D eigenvalue weighted by atomic mass is 16.2. The molecular formula is C25H24N12O2. The zero-order valence-corrected chi connectivity index (χ0v) is 20.9. The maximum absolute atomic E-state index is 13.1. The molecule has 39 heavy (non-hydrogen) atoms. The highest BCUT2D eigenvalue weighted by Crippen LogP contribution is 2.45. The van der Waals surface area contributed by atoms with Crippen LogP contribution in [0.15, 0.2) is 37.2 Å². The average Bonchev–Trinajstić information content (AvgIpc) is 3.75. The molecule has 1 amide bonds. The molecule has 0 saturated carbocycles. The van der Waals surface area contributed by atoms with Crippen LogP contribution >= 0.6 is 0 Å². The molecule has 4 N–H and O–H groups in total. The summed E-state index contributed by atoms with van der Waals surface area (Å²) in [6.07, 6.45) is 9.42. The van der Waals surface area contributed by atoms with Gasteiger partial charge in [0.25, 0.3) is 5.91 Å². The molecule has 3 atom stereocenters. The number of Topliss-reactive ketones (excluding diaryl/α,β-unsaturated/α-hetero) is 1. The van der Waals surface area contributed by atoms with Crippen molar-refractivity contribution in [3.63, 3.8) is 0 Å². The number of nitrogens with zero attached hydrogens (tertiary/aromatic N) is 9. The van der Waals surface area contributed by atoms with Crippen molar-refractivity contribution in [3.8, 4) is 22.6 Å². The summed E-state index contributed by atoms with van der Waals surface area (Å²) >= 11 is 0. The number of ketones is 1. The minimum atomic E-state index is -0.168. The number of nitrogens with one attached hydrogen (secondary N) is 2. The number of hydrogen-bond donors (Lipinski definition) is 3. The average molecular weight is 525 g/mol. The summed E-state index contributed by atoms with van der Waals surface area (Å²) in [6, 6.07) is 3.76. The van der Waals surface area contributed by atoms with E-state index in [1.165, 1.54) is 24.1 Å². The van der Waals surface area contributed by atoms with Crippen molar-refractivity contribution >= 4 is 23.2 Å². The molecule has 14 nitrogen and oxygen atoms in total. The number of amides is 1. The van der Waals surface area contributed by atoms with Gasteiger partial charge in [0.1, 0.15) is 24.2 Å². The van der Waals surface area contributed by atoms with E-state index in [1.807, 2.05) is 17.0 Å². The number of anilines is 1. The van der Waals surface area contributed by atoms with E-state index < -0.39 is 0 Å². The number of aromatic amines is 2. The molecule has 7 rings (SSSR count). The van der Waals surface area contributed by atoms with Crippen molar-refractivity contribution in [1.82, 2.24) is 54.8 Å². The van der Waals surface area contributed by atoms with E-state index in [4.69, 9.17) is 10.7 Å². The van der Waals surface area contributed by atoms with Gasteiger partial charge in [-0.15, -0.1) is 10.2 Å². The van der Waals surface area contributed by atoms with Crippen LogP contribution < -0.4 is 5.73 Å². The van der Waals surface area contributed by atoms with Gasteiger partial charge >= 0.3 is 0 Å². The molecule has 7 heterocycles. The quantitative estimate of drug-likeness (QED) is 0.287. The van der Waals surface area contributed by atoms with Gasteiger partial charge in [-0.1, -0.05) is 6.07 Å². The zero-order valence-electron chi connectivity index (χ0n) is 20.9. The summed E-state index contributed by atoms with van der Waals surface area (Å²) in [7, 11) is 0. The second kappa shape index (κ2) is 8.79. The summed E-state index contributed by atoms with van der Waals surface area (Å²) in [5, 5.41) is 18.9. The van der Waals surface area contributed by atoms with E-state index in [-0.39, 0.29) is 41.3 Å². The smallest absolute Gasteiger partial charge is 0.292 e. The van der Waals surface area contributed by atoms with Gasteiger partial charge in [0.15, 0.2) is 17.3 Å². The molecule has 5 aromatic rings. The van der Waals surface area contributed by atoms with Crippen LogP contribution in [0.1, 0.15) is 65.2 Å². The number of hydrogen-bond acceptors (Lipinski definition) is 10. The lowest BCUT2D eigenvalue weighted by Crippen LogP contribution is -2.46. The van der Waals surface area contributed by atoms with Crippen LogP contribution in [0.3, 0.4) is 0 Å². The van der Waals surface area contributed by atoms with Crippen molar-refractivity contribution in [3.05, 3.63) is 54.3 Å². The SMILES string of the molecule is CC(=O)c1c([C@H]2C[C@H]3CC[C@@H](C2)N3C(=O)c2nnc[nH]2)nc2c(-c3ccc(-c4nc[nH]n4)nc3)cnn2c1N. The fourth-order valence-electron chi connectivity index (χ4n) is 6.07. The first-order chi connectivity index (χ1) is 19.0. The van der Waals surface area contributed by atoms with Crippen molar-refractivity contribution < 1.29 is 9.59 Å².